The molecule has 6 heteroatoms. The zero-order valence-electron chi connectivity index (χ0n) is 28.7. The van der Waals surface area contributed by atoms with Crippen LogP contribution in [0.5, 0.6) is 0 Å². The van der Waals surface area contributed by atoms with Crippen LogP contribution in [0.15, 0.2) is 83.2 Å². The van der Waals surface area contributed by atoms with Gasteiger partial charge in [0.2, 0.25) is 0 Å². The number of fused-ring (bicyclic) bond motifs is 6. The zero-order chi connectivity index (χ0) is 33.2. The van der Waals surface area contributed by atoms with Crippen LogP contribution >= 0.6 is 0 Å². The number of rotatable bonds is 8. The minimum atomic E-state index is -0.337. The molecule has 2 aromatic heterocycles. The first-order valence-corrected chi connectivity index (χ1v) is 16.4. The molecule has 4 aromatic carbocycles. The van der Waals surface area contributed by atoms with Crippen LogP contribution in [-0.4, -0.2) is 20.9 Å². The van der Waals surface area contributed by atoms with Crippen molar-refractivity contribution in [1.29, 1.82) is 0 Å². The molecule has 0 amide bonds. The molecule has 1 N–H and O–H groups in total. The van der Waals surface area contributed by atoms with Gasteiger partial charge in [0.05, 0.1) is 11.1 Å². The number of aliphatic hydroxyl groups excluding tert-OH is 1. The second-order valence-electron chi connectivity index (χ2n) is 13.0. The molecular weight excluding hydrogens is 761 g/mol. The average Bonchev–Trinajstić information content (AvgIpc) is 3.46. The fraction of sp³-hybridized carbons (Fsp3) is 0.341. The summed E-state index contributed by atoms with van der Waals surface area (Å²) < 4.78 is 6.22. The van der Waals surface area contributed by atoms with Crippen molar-refractivity contribution in [2.24, 2.45) is 10.8 Å². The van der Waals surface area contributed by atoms with Gasteiger partial charge >= 0.3 is 0 Å². The van der Waals surface area contributed by atoms with Crippen LogP contribution in [0, 0.1) is 30.7 Å². The summed E-state index contributed by atoms with van der Waals surface area (Å²) in [6, 6.07) is 24.2. The maximum absolute atomic E-state index is 12.2. The van der Waals surface area contributed by atoms with Crippen LogP contribution in [0.4, 0.5) is 0 Å². The van der Waals surface area contributed by atoms with E-state index in [1.165, 1.54) is 28.0 Å². The number of allylic oxidation sites excluding steroid dienone is 2. The van der Waals surface area contributed by atoms with Gasteiger partial charge in [0.15, 0.2) is 5.78 Å². The molecule has 0 aliphatic heterocycles. The number of carbonyl (C=O) groups excluding carboxylic acids is 1. The summed E-state index contributed by atoms with van der Waals surface area (Å²) >= 11 is 0. The number of furan rings is 1. The molecule has 0 bridgehead atoms. The summed E-state index contributed by atoms with van der Waals surface area (Å²) in [6.45, 7) is 16.3. The van der Waals surface area contributed by atoms with Crippen LogP contribution in [-0.2, 0) is 24.9 Å². The van der Waals surface area contributed by atoms with E-state index in [0.29, 0.717) is 0 Å². The molecule has 0 fully saturated rings. The Morgan fingerprint density at radius 2 is 1.55 bits per heavy atom. The summed E-state index contributed by atoms with van der Waals surface area (Å²) in [5.74, 6) is 0.286. The van der Waals surface area contributed by atoms with E-state index in [-0.39, 0.29) is 42.5 Å². The van der Waals surface area contributed by atoms with Gasteiger partial charge in [-0.2, -0.15) is 0 Å². The van der Waals surface area contributed by atoms with Crippen molar-refractivity contribution >= 4 is 49.4 Å². The molecule has 5 nitrogen and oxygen atoms in total. The van der Waals surface area contributed by atoms with Gasteiger partial charge in [0.25, 0.3) is 0 Å². The van der Waals surface area contributed by atoms with Crippen molar-refractivity contribution in [1.82, 2.24) is 9.97 Å². The Morgan fingerprint density at radius 1 is 0.872 bits per heavy atom. The quantitative estimate of drug-likeness (QED) is 0.0717. The molecule has 6 aromatic rings. The van der Waals surface area contributed by atoms with Crippen LogP contribution in [0.25, 0.3) is 54.9 Å². The third-order valence-corrected chi connectivity index (χ3v) is 10.2. The molecule has 247 valence electrons. The second kappa shape index (κ2) is 14.5. The SMILES string of the molecule is CCC(C)(CC)C(=O)/C=C(\O)C(C)(CC)CC.Cc1cc(C)c2c(ccc3c(-c4[c-]ccc5c4oc4ccccc45)ncnc32)c1.[Ir]. The van der Waals surface area contributed by atoms with Crippen molar-refractivity contribution < 1.29 is 34.4 Å². The largest absolute Gasteiger partial charge is 0.512 e. The average molecular weight is 806 g/mol. The summed E-state index contributed by atoms with van der Waals surface area (Å²) in [5.41, 5.74) is 6.25. The first-order chi connectivity index (χ1) is 22.0. The van der Waals surface area contributed by atoms with Gasteiger partial charge in [0, 0.05) is 53.5 Å². The molecule has 0 spiro atoms. The number of hydrogen-bond acceptors (Lipinski definition) is 5. The van der Waals surface area contributed by atoms with E-state index < -0.39 is 0 Å². The van der Waals surface area contributed by atoms with E-state index in [1.807, 2.05) is 65.8 Å². The van der Waals surface area contributed by atoms with E-state index in [0.717, 1.165) is 69.8 Å². The fourth-order valence-corrected chi connectivity index (χ4v) is 6.13. The van der Waals surface area contributed by atoms with E-state index in [1.54, 1.807) is 6.33 Å². The van der Waals surface area contributed by atoms with Gasteiger partial charge in [-0.15, -0.1) is 18.2 Å². The van der Waals surface area contributed by atoms with Crippen molar-refractivity contribution in [2.45, 2.75) is 81.1 Å². The summed E-state index contributed by atoms with van der Waals surface area (Å²) in [5, 5.41) is 15.7. The molecular formula is C41H45IrN2O3-. The van der Waals surface area contributed by atoms with Gasteiger partial charge in [-0.1, -0.05) is 101 Å². The predicted molar refractivity (Wildman–Crippen MR) is 191 cm³/mol. The molecule has 0 atom stereocenters. The zero-order valence-corrected chi connectivity index (χ0v) is 31.1. The van der Waals surface area contributed by atoms with Gasteiger partial charge in [-0.25, -0.2) is 4.98 Å². The van der Waals surface area contributed by atoms with E-state index in [2.05, 4.69) is 66.3 Å². The predicted octanol–water partition coefficient (Wildman–Crippen LogP) is 11.4. The third-order valence-electron chi connectivity index (χ3n) is 10.2. The molecule has 1 radical (unpaired) electrons. The summed E-state index contributed by atoms with van der Waals surface area (Å²) in [7, 11) is 0. The summed E-state index contributed by atoms with van der Waals surface area (Å²) in [6.07, 6.45) is 6.40. The number of benzene rings is 4. The number of aliphatic hydroxyl groups is 1. The number of aromatic nitrogens is 2. The Hall–Kier alpha value is -3.86. The van der Waals surface area contributed by atoms with Crippen LogP contribution in [0.2, 0.25) is 0 Å². The standard InChI is InChI=1S/C26H17N2O.C15H28O2.Ir/c1-15-12-16(2)23-17(13-15)10-11-20-24(27-14-28-25(20)23)21-8-5-7-19-18-6-3-4-9-22(18)29-26(19)21;1-7-14(5,8-2)12(16)11-13(17)15(6,9-3)10-4;/h3-7,9-14H,1-2H3;11,16H,7-10H2,1-6H3;/q-1;;/b;12-11-;. The normalized spacial score (nSPS) is 12.3. The molecule has 0 saturated carbocycles. The molecule has 0 saturated heterocycles. The van der Waals surface area contributed by atoms with E-state index in [9.17, 15) is 9.90 Å². The van der Waals surface area contributed by atoms with Gasteiger partial charge < -0.3 is 9.52 Å². The number of ketones is 1. The van der Waals surface area contributed by atoms with E-state index in [4.69, 9.17) is 4.42 Å². The Kier molecular flexibility index (Phi) is 11.1. The van der Waals surface area contributed by atoms with Crippen molar-refractivity contribution in [3.8, 4) is 11.3 Å². The first kappa shape index (κ1) is 36.0. The van der Waals surface area contributed by atoms with Gasteiger partial charge in [-0.3, -0.25) is 9.78 Å². The minimum absolute atomic E-state index is 0. The summed E-state index contributed by atoms with van der Waals surface area (Å²) in [4.78, 5) is 21.5. The maximum atomic E-state index is 12.2. The smallest absolute Gasteiger partial charge is 0.164 e. The van der Waals surface area contributed by atoms with Crippen molar-refractivity contribution in [2.75, 3.05) is 0 Å². The number of nitrogens with zero attached hydrogens (tertiary/aromatic N) is 2. The van der Waals surface area contributed by atoms with Crippen molar-refractivity contribution in [3.05, 3.63) is 96.0 Å². The third kappa shape index (κ3) is 6.77. The monoisotopic (exact) mass is 806 g/mol. The Labute approximate surface area is 291 Å². The molecule has 0 unspecified atom stereocenters. The topological polar surface area (TPSA) is 76.2 Å². The molecule has 0 aliphatic carbocycles. The van der Waals surface area contributed by atoms with Gasteiger partial charge in [-0.05, 0) is 61.9 Å². The second-order valence-corrected chi connectivity index (χ2v) is 13.0. The molecule has 6 rings (SSSR count). The number of aryl methyl sites for hydroxylation is 2. The minimum Gasteiger partial charge on any atom is -0.512 e. The molecule has 0 aliphatic rings. The number of hydrogen-bond donors (Lipinski definition) is 1. The number of para-hydroxylation sites is 1. The van der Waals surface area contributed by atoms with Crippen LogP contribution < -0.4 is 0 Å². The Bertz CT molecular complexity index is 2080. The van der Waals surface area contributed by atoms with Crippen LogP contribution in [0.1, 0.15) is 78.4 Å². The number of carbonyl (C=O) groups is 1. The molecule has 2 heterocycles. The van der Waals surface area contributed by atoms with Gasteiger partial charge in [0.1, 0.15) is 17.7 Å². The van der Waals surface area contributed by atoms with E-state index >= 15 is 0 Å². The Morgan fingerprint density at radius 3 is 2.23 bits per heavy atom. The van der Waals surface area contributed by atoms with Crippen molar-refractivity contribution in [3.63, 3.8) is 0 Å². The Balaban J connectivity index is 0.000000242. The first-order valence-electron chi connectivity index (χ1n) is 16.4. The molecule has 47 heavy (non-hydrogen) atoms. The van der Waals surface area contributed by atoms with Crippen LogP contribution in [0.3, 0.4) is 0 Å². The maximum Gasteiger partial charge on any atom is 0.164 e. The fourth-order valence-electron chi connectivity index (χ4n) is 6.13.